The molecule has 1 aromatic rings. The van der Waals surface area contributed by atoms with Crippen LogP contribution in [0, 0.1) is 29.1 Å². The molecular weight excluding hydrogens is 254 g/mol. The van der Waals surface area contributed by atoms with Crippen LogP contribution in [0.1, 0.15) is 0 Å². The van der Waals surface area contributed by atoms with Crippen LogP contribution in [0.4, 0.5) is 22.0 Å². The first-order chi connectivity index (χ1) is 6.68. The Labute approximate surface area is 98.2 Å². The van der Waals surface area contributed by atoms with E-state index in [9.17, 15) is 34.9 Å². The SMILES string of the molecule is O=S(=O)([O-])c1c(F)c(F)c(F)c(F)c1F.[Li+]. The van der Waals surface area contributed by atoms with E-state index in [1.165, 1.54) is 0 Å². The van der Waals surface area contributed by atoms with Crippen LogP contribution >= 0.6 is 0 Å². The van der Waals surface area contributed by atoms with Crippen LogP contribution < -0.4 is 18.9 Å². The number of benzene rings is 1. The third kappa shape index (κ3) is 2.37. The van der Waals surface area contributed by atoms with Gasteiger partial charge in [-0.05, 0) is 0 Å². The maximum absolute atomic E-state index is 12.6. The molecule has 0 saturated carbocycles. The van der Waals surface area contributed by atoms with Gasteiger partial charge < -0.3 is 4.55 Å². The standard InChI is InChI=1S/C6HF5O3S.Li/c7-1-2(8)4(10)6(15(12,13)14)5(11)3(1)9;/h(H,12,13,14);/q;+1/p-1. The van der Waals surface area contributed by atoms with Gasteiger partial charge in [-0.3, -0.25) is 0 Å². The molecule has 0 aliphatic heterocycles. The van der Waals surface area contributed by atoms with Crippen molar-refractivity contribution in [3.05, 3.63) is 29.1 Å². The van der Waals surface area contributed by atoms with E-state index in [1.54, 1.807) is 0 Å². The molecule has 0 N–H and O–H groups in total. The zero-order valence-corrected chi connectivity index (χ0v) is 8.34. The van der Waals surface area contributed by atoms with Crippen molar-refractivity contribution >= 4 is 10.1 Å². The van der Waals surface area contributed by atoms with Crippen molar-refractivity contribution in [3.63, 3.8) is 0 Å². The van der Waals surface area contributed by atoms with Gasteiger partial charge in [-0.2, -0.15) is 0 Å². The molecule has 0 unspecified atom stereocenters. The zero-order chi connectivity index (χ0) is 12.0. The van der Waals surface area contributed by atoms with Crippen molar-refractivity contribution in [2.75, 3.05) is 0 Å². The smallest absolute Gasteiger partial charge is 0.744 e. The summed E-state index contributed by atoms with van der Waals surface area (Å²) in [6.45, 7) is 0. The maximum atomic E-state index is 12.6. The summed E-state index contributed by atoms with van der Waals surface area (Å²) in [5.41, 5.74) is 0. The van der Waals surface area contributed by atoms with Gasteiger partial charge in [0.1, 0.15) is 15.0 Å². The van der Waals surface area contributed by atoms with Crippen LogP contribution in [-0.4, -0.2) is 13.0 Å². The largest absolute Gasteiger partial charge is 1.00 e. The molecule has 0 fully saturated rings. The van der Waals surface area contributed by atoms with Crippen molar-refractivity contribution in [1.82, 2.24) is 0 Å². The van der Waals surface area contributed by atoms with E-state index in [0.717, 1.165) is 0 Å². The Morgan fingerprint density at radius 2 is 1.00 bits per heavy atom. The minimum Gasteiger partial charge on any atom is -0.744 e. The van der Waals surface area contributed by atoms with Gasteiger partial charge in [0.2, 0.25) is 5.82 Å². The normalized spacial score (nSPS) is 11.1. The van der Waals surface area contributed by atoms with Gasteiger partial charge in [-0.25, -0.2) is 30.4 Å². The Morgan fingerprint density at radius 3 is 1.25 bits per heavy atom. The maximum Gasteiger partial charge on any atom is 1.00 e. The van der Waals surface area contributed by atoms with Crippen LogP contribution in [0.5, 0.6) is 0 Å². The second-order valence-electron chi connectivity index (χ2n) is 2.35. The third-order valence-electron chi connectivity index (χ3n) is 1.42. The summed E-state index contributed by atoms with van der Waals surface area (Å²) in [5, 5.41) is 0. The summed E-state index contributed by atoms with van der Waals surface area (Å²) < 4.78 is 92.9. The fourth-order valence-electron chi connectivity index (χ4n) is 0.804. The van der Waals surface area contributed by atoms with Gasteiger partial charge in [0.25, 0.3) is 0 Å². The molecule has 0 aliphatic rings. The van der Waals surface area contributed by atoms with Gasteiger partial charge in [0.05, 0.1) is 0 Å². The number of rotatable bonds is 1. The van der Waals surface area contributed by atoms with Crippen LogP contribution in [0.25, 0.3) is 0 Å². The Kier molecular flexibility index (Phi) is 4.52. The van der Waals surface area contributed by atoms with Crippen LogP contribution in [0.2, 0.25) is 0 Å². The molecule has 0 spiro atoms. The zero-order valence-electron chi connectivity index (χ0n) is 7.52. The van der Waals surface area contributed by atoms with E-state index in [1.807, 2.05) is 0 Å². The fraction of sp³-hybridized carbons (Fsp3) is 0. The first-order valence-corrected chi connectivity index (χ1v) is 4.56. The molecule has 10 heteroatoms. The van der Waals surface area contributed by atoms with Crippen LogP contribution in [-0.2, 0) is 10.1 Å². The predicted molar refractivity (Wildman–Crippen MR) is 34.2 cm³/mol. The molecule has 0 atom stereocenters. The Bertz CT molecular complexity index is 500. The molecule has 1 rings (SSSR count). The van der Waals surface area contributed by atoms with Crippen molar-refractivity contribution in [1.29, 1.82) is 0 Å². The van der Waals surface area contributed by atoms with E-state index in [2.05, 4.69) is 0 Å². The molecule has 0 bridgehead atoms. The second kappa shape index (κ2) is 4.71. The Hall–Kier alpha value is -0.623. The van der Waals surface area contributed by atoms with Crippen molar-refractivity contribution < 1.29 is 53.8 Å². The van der Waals surface area contributed by atoms with E-state index in [4.69, 9.17) is 0 Å². The number of hydrogen-bond donors (Lipinski definition) is 0. The minimum atomic E-state index is -5.77. The summed E-state index contributed by atoms with van der Waals surface area (Å²) >= 11 is 0. The van der Waals surface area contributed by atoms with Gasteiger partial charge in [-0.1, -0.05) is 0 Å². The van der Waals surface area contributed by atoms with Crippen molar-refractivity contribution in [3.8, 4) is 0 Å². The summed E-state index contributed by atoms with van der Waals surface area (Å²) in [7, 11) is -5.77. The van der Waals surface area contributed by atoms with Crippen LogP contribution in [0.3, 0.4) is 0 Å². The fourth-order valence-corrected chi connectivity index (χ4v) is 1.42. The molecule has 0 radical (unpaired) electrons. The summed E-state index contributed by atoms with van der Waals surface area (Å²) in [6, 6.07) is 0. The van der Waals surface area contributed by atoms with Gasteiger partial charge in [-0.15, -0.1) is 0 Å². The first kappa shape index (κ1) is 15.4. The van der Waals surface area contributed by atoms with Gasteiger partial charge in [0, 0.05) is 0 Å². The molecular formula is C6F5LiO3S. The van der Waals surface area contributed by atoms with E-state index in [-0.39, 0.29) is 18.9 Å². The molecule has 1 aromatic carbocycles. The molecule has 0 aliphatic carbocycles. The molecule has 0 amide bonds. The Balaban J connectivity index is 0.00000225. The summed E-state index contributed by atoms with van der Waals surface area (Å²) in [6.07, 6.45) is 0. The Morgan fingerprint density at radius 1 is 0.750 bits per heavy atom. The van der Waals surface area contributed by atoms with Crippen LogP contribution in [0.15, 0.2) is 4.90 Å². The number of halogens is 5. The van der Waals surface area contributed by atoms with Crippen molar-refractivity contribution in [2.45, 2.75) is 4.90 Å². The quantitative estimate of drug-likeness (QED) is 0.197. The molecule has 84 valence electrons. The van der Waals surface area contributed by atoms with E-state index < -0.39 is 44.1 Å². The molecule has 0 heterocycles. The average Bonchev–Trinajstić information content (AvgIpc) is 2.09. The van der Waals surface area contributed by atoms with E-state index >= 15 is 0 Å². The minimum absolute atomic E-state index is 0. The number of hydrogen-bond acceptors (Lipinski definition) is 3. The van der Waals surface area contributed by atoms with Crippen molar-refractivity contribution in [2.24, 2.45) is 0 Å². The first-order valence-electron chi connectivity index (χ1n) is 3.15. The monoisotopic (exact) mass is 254 g/mol. The average molecular weight is 254 g/mol. The van der Waals surface area contributed by atoms with Gasteiger partial charge in [0.15, 0.2) is 23.3 Å². The molecule has 16 heavy (non-hydrogen) atoms. The summed E-state index contributed by atoms with van der Waals surface area (Å²) in [4.78, 5) is -2.38. The predicted octanol–water partition coefficient (Wildman–Crippen LogP) is -1.71. The molecule has 0 aromatic heterocycles. The van der Waals surface area contributed by atoms with Gasteiger partial charge >= 0.3 is 18.9 Å². The second-order valence-corrected chi connectivity index (χ2v) is 3.67. The van der Waals surface area contributed by atoms with E-state index in [0.29, 0.717) is 0 Å². The molecule has 0 saturated heterocycles. The topological polar surface area (TPSA) is 57.2 Å². The summed E-state index contributed by atoms with van der Waals surface area (Å²) in [5.74, 6) is -12.8. The third-order valence-corrected chi connectivity index (χ3v) is 2.28. The molecule has 3 nitrogen and oxygen atoms in total.